The first-order chi connectivity index (χ1) is 6.27. The maximum atomic E-state index is 10.6. The van der Waals surface area contributed by atoms with E-state index in [2.05, 4.69) is 9.98 Å². The minimum atomic E-state index is -1.02. The van der Waals surface area contributed by atoms with Gasteiger partial charge in [0.25, 0.3) is 0 Å². The van der Waals surface area contributed by atoms with E-state index >= 15 is 0 Å². The van der Waals surface area contributed by atoms with Crippen LogP contribution >= 0.6 is 0 Å². The lowest BCUT2D eigenvalue weighted by atomic mass is 10.0. The molecule has 0 aromatic rings. The predicted molar refractivity (Wildman–Crippen MR) is 49.4 cm³/mol. The Bertz CT molecular complexity index is 353. The van der Waals surface area contributed by atoms with Gasteiger partial charge >= 0.3 is 5.97 Å². The first kappa shape index (κ1) is 7.91. The van der Waals surface area contributed by atoms with Crippen LogP contribution in [-0.4, -0.2) is 35.1 Å². The highest BCUT2D eigenvalue weighted by molar-refractivity contribution is 6.59. The zero-order valence-electron chi connectivity index (χ0n) is 6.79. The molecule has 0 spiro atoms. The summed E-state index contributed by atoms with van der Waals surface area (Å²) in [5, 5.41) is 8.66. The summed E-state index contributed by atoms with van der Waals surface area (Å²) in [6.45, 7) is 0. The summed E-state index contributed by atoms with van der Waals surface area (Å²) in [7, 11) is 0. The molecule has 0 amide bonds. The lowest BCUT2D eigenvalue weighted by molar-refractivity contribution is -0.129. The Labute approximate surface area is 75.0 Å². The van der Waals surface area contributed by atoms with E-state index in [0.29, 0.717) is 0 Å². The lowest BCUT2D eigenvalue weighted by Crippen LogP contribution is -2.30. The van der Waals surface area contributed by atoms with E-state index < -0.39 is 5.97 Å². The number of fused-ring (bicyclic) bond motifs is 1. The molecular formula is C9H8N2O2. The van der Waals surface area contributed by atoms with Crippen LogP contribution in [0.5, 0.6) is 0 Å². The van der Waals surface area contributed by atoms with E-state index in [1.54, 1.807) is 0 Å². The molecule has 0 saturated heterocycles. The van der Waals surface area contributed by atoms with Crippen molar-refractivity contribution in [3.63, 3.8) is 0 Å². The number of carbonyl (C=O) groups is 1. The average Bonchev–Trinajstić information content (AvgIpc) is 2.17. The summed E-state index contributed by atoms with van der Waals surface area (Å²) in [5.74, 6) is -1.02. The Kier molecular flexibility index (Phi) is 1.81. The van der Waals surface area contributed by atoms with Crippen molar-refractivity contribution in [1.82, 2.24) is 0 Å². The van der Waals surface area contributed by atoms with E-state index in [1.165, 1.54) is 6.21 Å². The molecule has 4 nitrogen and oxygen atoms in total. The first-order valence-electron chi connectivity index (χ1n) is 3.96. The summed E-state index contributed by atoms with van der Waals surface area (Å²) in [5.41, 5.74) is 0.0289. The number of rotatable bonds is 1. The van der Waals surface area contributed by atoms with E-state index in [9.17, 15) is 4.79 Å². The van der Waals surface area contributed by atoms with Gasteiger partial charge < -0.3 is 5.11 Å². The monoisotopic (exact) mass is 176 g/mol. The third-order valence-electron chi connectivity index (χ3n) is 1.95. The Balaban J connectivity index is 2.27. The summed E-state index contributed by atoms with van der Waals surface area (Å²) >= 11 is 0. The summed E-state index contributed by atoms with van der Waals surface area (Å²) in [6.07, 6.45) is 8.81. The van der Waals surface area contributed by atoms with Crippen molar-refractivity contribution >= 4 is 17.9 Å². The van der Waals surface area contributed by atoms with Crippen LogP contribution in [0.4, 0.5) is 0 Å². The first-order valence-corrected chi connectivity index (χ1v) is 3.96. The number of carboxylic acids is 1. The summed E-state index contributed by atoms with van der Waals surface area (Å²) in [6, 6.07) is -0.158. The molecule has 4 heteroatoms. The van der Waals surface area contributed by atoms with Gasteiger partial charge in [0, 0.05) is 0 Å². The van der Waals surface area contributed by atoms with Crippen molar-refractivity contribution in [2.24, 2.45) is 9.98 Å². The number of carboxylic acid groups (broad SMARTS) is 1. The van der Waals surface area contributed by atoms with Gasteiger partial charge in [-0.25, -0.2) is 4.79 Å². The number of nitrogens with zero attached hydrogens (tertiary/aromatic N) is 2. The summed E-state index contributed by atoms with van der Waals surface area (Å²) < 4.78 is 0. The maximum Gasteiger partial charge on any atom is 0.355 e. The SMILES string of the molecule is O=C(O)C1=NC2C=CC=CC2N=C1. The van der Waals surface area contributed by atoms with Crippen LogP contribution in [0.25, 0.3) is 0 Å². The van der Waals surface area contributed by atoms with Crippen LogP contribution in [0, 0.1) is 0 Å². The van der Waals surface area contributed by atoms with E-state index in [-0.39, 0.29) is 17.8 Å². The van der Waals surface area contributed by atoms with Crippen LogP contribution in [0.15, 0.2) is 34.3 Å². The molecule has 0 bridgehead atoms. The van der Waals surface area contributed by atoms with Gasteiger partial charge in [-0.2, -0.15) is 0 Å². The molecule has 1 heterocycles. The molecule has 0 radical (unpaired) electrons. The minimum absolute atomic E-state index is 0.0203. The molecule has 2 aliphatic rings. The van der Waals surface area contributed by atoms with Gasteiger partial charge in [0.15, 0.2) is 5.71 Å². The molecule has 1 aliphatic carbocycles. The normalized spacial score (nSPS) is 29.7. The van der Waals surface area contributed by atoms with Crippen LogP contribution in [-0.2, 0) is 4.79 Å². The lowest BCUT2D eigenvalue weighted by Gasteiger charge is -2.20. The maximum absolute atomic E-state index is 10.6. The van der Waals surface area contributed by atoms with Gasteiger partial charge in [-0.05, 0) is 0 Å². The number of hydrogen-bond acceptors (Lipinski definition) is 3. The molecule has 0 aromatic carbocycles. The predicted octanol–water partition coefficient (Wildman–Crippen LogP) is 0.460. The Morgan fingerprint density at radius 3 is 2.69 bits per heavy atom. The molecule has 2 atom stereocenters. The van der Waals surface area contributed by atoms with Crippen molar-refractivity contribution in [3.05, 3.63) is 24.3 Å². The van der Waals surface area contributed by atoms with Crippen LogP contribution in [0.1, 0.15) is 0 Å². The number of aliphatic carboxylic acids is 1. The fourth-order valence-electron chi connectivity index (χ4n) is 1.30. The molecule has 66 valence electrons. The Hall–Kier alpha value is -1.71. The standard InChI is InChI=1S/C9H8N2O2/c12-9(13)8-5-10-6-3-1-2-4-7(6)11-8/h1-7H,(H,12,13). The van der Waals surface area contributed by atoms with Gasteiger partial charge in [0.05, 0.1) is 18.3 Å². The zero-order valence-corrected chi connectivity index (χ0v) is 6.79. The third-order valence-corrected chi connectivity index (χ3v) is 1.95. The van der Waals surface area contributed by atoms with Gasteiger partial charge in [-0.1, -0.05) is 24.3 Å². The van der Waals surface area contributed by atoms with E-state index in [0.717, 1.165) is 0 Å². The zero-order chi connectivity index (χ0) is 9.26. The van der Waals surface area contributed by atoms with Crippen LogP contribution in [0.3, 0.4) is 0 Å². The molecule has 1 aliphatic heterocycles. The largest absolute Gasteiger partial charge is 0.476 e. The van der Waals surface area contributed by atoms with Crippen molar-refractivity contribution < 1.29 is 9.90 Å². The third kappa shape index (κ3) is 1.42. The smallest absolute Gasteiger partial charge is 0.355 e. The summed E-state index contributed by atoms with van der Waals surface area (Å²) in [4.78, 5) is 18.7. The Morgan fingerprint density at radius 2 is 2.00 bits per heavy atom. The quantitative estimate of drug-likeness (QED) is 0.630. The molecule has 0 saturated carbocycles. The molecule has 1 N–H and O–H groups in total. The van der Waals surface area contributed by atoms with Gasteiger partial charge in [-0.3, -0.25) is 9.98 Å². The fraction of sp³-hybridized carbons (Fsp3) is 0.222. The Morgan fingerprint density at radius 1 is 1.31 bits per heavy atom. The van der Waals surface area contributed by atoms with E-state index in [4.69, 9.17) is 5.11 Å². The molecule has 0 fully saturated rings. The second kappa shape index (κ2) is 2.97. The molecule has 13 heavy (non-hydrogen) atoms. The molecule has 2 rings (SSSR count). The van der Waals surface area contributed by atoms with Crippen LogP contribution < -0.4 is 0 Å². The second-order valence-corrected chi connectivity index (χ2v) is 2.85. The van der Waals surface area contributed by atoms with Gasteiger partial charge in [0.1, 0.15) is 0 Å². The topological polar surface area (TPSA) is 62.0 Å². The minimum Gasteiger partial charge on any atom is -0.476 e. The number of hydrogen-bond donors (Lipinski definition) is 1. The van der Waals surface area contributed by atoms with E-state index in [1.807, 2.05) is 24.3 Å². The molecule has 0 aromatic heterocycles. The number of allylic oxidation sites excluding steroid dienone is 2. The van der Waals surface area contributed by atoms with Crippen molar-refractivity contribution in [1.29, 1.82) is 0 Å². The molecular weight excluding hydrogens is 168 g/mol. The van der Waals surface area contributed by atoms with Crippen molar-refractivity contribution in [3.8, 4) is 0 Å². The van der Waals surface area contributed by atoms with Crippen molar-refractivity contribution in [2.75, 3.05) is 0 Å². The van der Waals surface area contributed by atoms with Crippen molar-refractivity contribution in [2.45, 2.75) is 12.1 Å². The highest BCUT2D eigenvalue weighted by Crippen LogP contribution is 2.15. The van der Waals surface area contributed by atoms with Gasteiger partial charge in [0.2, 0.25) is 0 Å². The van der Waals surface area contributed by atoms with Gasteiger partial charge in [-0.15, -0.1) is 0 Å². The highest BCUT2D eigenvalue weighted by atomic mass is 16.4. The number of aliphatic imine (C=N–C) groups is 2. The van der Waals surface area contributed by atoms with Crippen LogP contribution in [0.2, 0.25) is 0 Å². The average molecular weight is 176 g/mol. The highest BCUT2D eigenvalue weighted by Gasteiger charge is 2.22. The fourth-order valence-corrected chi connectivity index (χ4v) is 1.30. The second-order valence-electron chi connectivity index (χ2n) is 2.85. The molecule has 2 unspecified atom stereocenters.